The quantitative estimate of drug-likeness (QED) is 0.404. The van der Waals surface area contributed by atoms with Crippen molar-refractivity contribution in [3.63, 3.8) is 0 Å². The molecule has 0 aromatic heterocycles. The Balaban J connectivity index is 2.06. The molecule has 0 heterocycles. The number of carbonyl (C=O) groups excluding carboxylic acids is 1. The molecule has 0 aliphatic rings. The molecule has 0 bridgehead atoms. The van der Waals surface area contributed by atoms with E-state index >= 15 is 0 Å². The number of anilines is 1. The van der Waals surface area contributed by atoms with E-state index in [1.165, 1.54) is 30.0 Å². The van der Waals surface area contributed by atoms with Gasteiger partial charge in [-0.3, -0.25) is 4.79 Å². The van der Waals surface area contributed by atoms with Crippen LogP contribution in [0.2, 0.25) is 0 Å². The van der Waals surface area contributed by atoms with Gasteiger partial charge in [0.15, 0.2) is 0 Å². The average Bonchev–Trinajstić information content (AvgIpc) is 2.62. The summed E-state index contributed by atoms with van der Waals surface area (Å²) in [5.41, 5.74) is 1.00. The monoisotopic (exact) mass is 374 g/mol. The van der Waals surface area contributed by atoms with Crippen molar-refractivity contribution in [1.82, 2.24) is 0 Å². The Morgan fingerprint density at radius 3 is 2.73 bits per heavy atom. The van der Waals surface area contributed by atoms with Crippen LogP contribution < -0.4 is 10.1 Å². The molecule has 0 unspecified atom stereocenters. The lowest BCUT2D eigenvalue weighted by Gasteiger charge is -2.09. The second-order valence-corrected chi connectivity index (χ2v) is 6.13. The van der Waals surface area contributed by atoms with Gasteiger partial charge in [-0.2, -0.15) is 14.0 Å². The summed E-state index contributed by atoms with van der Waals surface area (Å²) in [6, 6.07) is 15.5. The molecule has 0 spiro atoms. The minimum Gasteiger partial charge on any atom is -0.434 e. The molecule has 4 nitrogen and oxygen atoms in total. The first-order valence-electron chi connectivity index (χ1n) is 7.72. The van der Waals surface area contributed by atoms with Gasteiger partial charge in [0.2, 0.25) is 5.91 Å². The smallest absolute Gasteiger partial charge is 0.387 e. The Hall–Kier alpha value is -2.85. The third-order valence-corrected chi connectivity index (χ3v) is 4.24. The zero-order valence-electron chi connectivity index (χ0n) is 13.7. The van der Waals surface area contributed by atoms with Gasteiger partial charge in [-0.1, -0.05) is 30.3 Å². The summed E-state index contributed by atoms with van der Waals surface area (Å²) >= 11 is 1.47. The molecule has 2 aromatic rings. The number of halogens is 2. The van der Waals surface area contributed by atoms with Gasteiger partial charge in [-0.15, -0.1) is 11.8 Å². The number of ether oxygens (including phenoxy) is 1. The van der Waals surface area contributed by atoms with Crippen molar-refractivity contribution in [3.05, 3.63) is 60.2 Å². The fraction of sp³-hybridized carbons (Fsp3) is 0.158. The molecule has 1 N–H and O–H groups in total. The molecule has 134 valence electrons. The zero-order valence-corrected chi connectivity index (χ0v) is 14.5. The van der Waals surface area contributed by atoms with Crippen LogP contribution in [0, 0.1) is 11.3 Å². The molecular weight excluding hydrogens is 358 g/mol. The molecular formula is C19H16F2N2O2S. The topological polar surface area (TPSA) is 62.1 Å². The van der Waals surface area contributed by atoms with Crippen LogP contribution in [-0.2, 0) is 4.79 Å². The van der Waals surface area contributed by atoms with E-state index in [4.69, 9.17) is 5.26 Å². The van der Waals surface area contributed by atoms with E-state index in [-0.39, 0.29) is 5.75 Å². The number of carbonyl (C=O) groups is 1. The van der Waals surface area contributed by atoms with E-state index in [1.807, 2.05) is 12.1 Å². The molecule has 0 saturated carbocycles. The first-order chi connectivity index (χ1) is 12.6. The van der Waals surface area contributed by atoms with Gasteiger partial charge in [0, 0.05) is 28.7 Å². The van der Waals surface area contributed by atoms with Crippen LogP contribution in [0.3, 0.4) is 0 Å². The molecule has 26 heavy (non-hydrogen) atoms. The number of amides is 1. The number of para-hydroxylation sites is 2. The molecule has 7 heteroatoms. The molecule has 1 amide bonds. The van der Waals surface area contributed by atoms with Crippen LogP contribution in [0.25, 0.3) is 6.08 Å². The molecule has 0 saturated heterocycles. The van der Waals surface area contributed by atoms with Crippen LogP contribution in [0.5, 0.6) is 5.75 Å². The molecule has 0 radical (unpaired) electrons. The van der Waals surface area contributed by atoms with Gasteiger partial charge in [0.25, 0.3) is 0 Å². The van der Waals surface area contributed by atoms with E-state index in [1.54, 1.807) is 30.3 Å². The second kappa shape index (κ2) is 10.2. The van der Waals surface area contributed by atoms with Crippen molar-refractivity contribution in [2.24, 2.45) is 0 Å². The largest absolute Gasteiger partial charge is 0.434 e. The summed E-state index contributed by atoms with van der Waals surface area (Å²) < 4.78 is 29.2. The van der Waals surface area contributed by atoms with Gasteiger partial charge in [0.05, 0.1) is 11.8 Å². The van der Waals surface area contributed by atoms with E-state index in [2.05, 4.69) is 16.1 Å². The van der Waals surface area contributed by atoms with Crippen molar-refractivity contribution in [3.8, 4) is 11.8 Å². The number of thioether (sulfide) groups is 1. The van der Waals surface area contributed by atoms with E-state index in [9.17, 15) is 13.6 Å². The SMILES string of the molecule is N#CCCSc1ccccc1NC(=O)C=Cc1ccccc1OC(F)F. The fourth-order valence-electron chi connectivity index (χ4n) is 2.06. The number of alkyl halides is 2. The van der Waals surface area contributed by atoms with Crippen molar-refractivity contribution >= 4 is 29.4 Å². The van der Waals surface area contributed by atoms with Gasteiger partial charge < -0.3 is 10.1 Å². The lowest BCUT2D eigenvalue weighted by atomic mass is 10.2. The Bertz CT molecular complexity index is 819. The number of hydrogen-bond acceptors (Lipinski definition) is 4. The Morgan fingerprint density at radius 2 is 1.96 bits per heavy atom. The molecule has 0 aliphatic heterocycles. The van der Waals surface area contributed by atoms with Crippen molar-refractivity contribution in [1.29, 1.82) is 5.26 Å². The number of nitrogens with one attached hydrogen (secondary N) is 1. The highest BCUT2D eigenvalue weighted by atomic mass is 32.2. The van der Waals surface area contributed by atoms with Crippen molar-refractivity contribution < 1.29 is 18.3 Å². The summed E-state index contributed by atoms with van der Waals surface area (Å²) in [7, 11) is 0. The summed E-state index contributed by atoms with van der Waals surface area (Å²) in [6.45, 7) is -2.93. The van der Waals surface area contributed by atoms with Crippen molar-refractivity contribution in [2.75, 3.05) is 11.1 Å². The predicted octanol–water partition coefficient (Wildman–Crippen LogP) is 4.95. The van der Waals surface area contributed by atoms with Crippen LogP contribution in [0.15, 0.2) is 59.5 Å². The number of rotatable bonds is 8. The van der Waals surface area contributed by atoms with E-state index in [0.29, 0.717) is 23.4 Å². The number of nitriles is 1. The maximum Gasteiger partial charge on any atom is 0.387 e. The third-order valence-electron chi connectivity index (χ3n) is 3.17. The maximum absolute atomic E-state index is 12.4. The second-order valence-electron chi connectivity index (χ2n) is 4.99. The first-order valence-corrected chi connectivity index (χ1v) is 8.70. The average molecular weight is 374 g/mol. The molecule has 2 aromatic carbocycles. The highest BCUT2D eigenvalue weighted by Crippen LogP contribution is 2.27. The zero-order chi connectivity index (χ0) is 18.8. The minimum atomic E-state index is -2.93. The highest BCUT2D eigenvalue weighted by Gasteiger charge is 2.08. The van der Waals surface area contributed by atoms with Crippen LogP contribution >= 0.6 is 11.8 Å². The van der Waals surface area contributed by atoms with Gasteiger partial charge in [0.1, 0.15) is 5.75 Å². The summed E-state index contributed by atoms with van der Waals surface area (Å²) in [4.78, 5) is 13.0. The standard InChI is InChI=1S/C19H16F2N2O2S/c20-19(21)25-16-8-3-1-6-14(16)10-11-18(24)23-15-7-2-4-9-17(15)26-13-5-12-22/h1-4,6-11,19H,5,13H2,(H,23,24). The lowest BCUT2D eigenvalue weighted by molar-refractivity contribution is -0.111. The van der Waals surface area contributed by atoms with Gasteiger partial charge in [-0.05, 0) is 24.3 Å². The molecule has 0 atom stereocenters. The van der Waals surface area contributed by atoms with Crippen LogP contribution in [0.1, 0.15) is 12.0 Å². The molecule has 2 rings (SSSR count). The maximum atomic E-state index is 12.4. The predicted molar refractivity (Wildman–Crippen MR) is 98.1 cm³/mol. The molecule has 0 fully saturated rings. The molecule has 0 aliphatic carbocycles. The van der Waals surface area contributed by atoms with E-state index in [0.717, 1.165) is 4.90 Å². The summed E-state index contributed by atoms with van der Waals surface area (Å²) in [6.07, 6.45) is 3.08. The summed E-state index contributed by atoms with van der Waals surface area (Å²) in [5.74, 6) is 0.224. The first kappa shape index (κ1) is 19.5. The normalized spacial score (nSPS) is 10.7. The Kier molecular flexibility index (Phi) is 7.65. The fourth-order valence-corrected chi connectivity index (χ4v) is 2.93. The van der Waals surface area contributed by atoms with E-state index < -0.39 is 12.5 Å². The minimum absolute atomic E-state index is 0.000917. The van der Waals surface area contributed by atoms with Gasteiger partial charge >= 0.3 is 6.61 Å². The van der Waals surface area contributed by atoms with Crippen LogP contribution in [-0.4, -0.2) is 18.3 Å². The Labute approximate surface area is 154 Å². The highest BCUT2D eigenvalue weighted by molar-refractivity contribution is 7.99. The lowest BCUT2D eigenvalue weighted by Crippen LogP contribution is -2.08. The third kappa shape index (κ3) is 6.22. The number of benzene rings is 2. The van der Waals surface area contributed by atoms with Crippen LogP contribution in [0.4, 0.5) is 14.5 Å². The number of hydrogen-bond donors (Lipinski definition) is 1. The number of nitrogens with zero attached hydrogens (tertiary/aromatic N) is 1. The summed E-state index contributed by atoms with van der Waals surface area (Å²) in [5, 5.41) is 11.4. The van der Waals surface area contributed by atoms with Gasteiger partial charge in [-0.25, -0.2) is 0 Å². The Morgan fingerprint density at radius 1 is 1.23 bits per heavy atom. The van der Waals surface area contributed by atoms with Crippen molar-refractivity contribution in [2.45, 2.75) is 17.9 Å².